The standard InChI is InChI=1S/C30H50O4/c1-19(8-11-25(33)30(7,34)18-31)20-12-16-29(6)22-9-10-23-26(2,3)24(32)14-15-27(23,4)21(22)13-17-28(20,29)5/h13,19-20,22-23,25,31,33-34H,8-12,14-18H2,1-7H3/t19-,20+,22?,23-,25+,27-,28-,29-,30-/m1/s1. The second kappa shape index (κ2) is 8.42. The fourth-order valence-electron chi connectivity index (χ4n) is 9.52. The van der Waals surface area contributed by atoms with Crippen LogP contribution in [0.4, 0.5) is 0 Å². The molecule has 0 amide bonds. The number of aliphatic hydroxyl groups is 3. The molecule has 9 atom stereocenters. The number of fused-ring (bicyclic) bond motifs is 5. The van der Waals surface area contributed by atoms with Crippen molar-refractivity contribution in [2.75, 3.05) is 6.61 Å². The summed E-state index contributed by atoms with van der Waals surface area (Å²) in [4.78, 5) is 12.8. The van der Waals surface area contributed by atoms with Gasteiger partial charge in [-0.1, -0.05) is 53.2 Å². The first-order valence-electron chi connectivity index (χ1n) is 13.9. The highest BCUT2D eigenvalue weighted by Crippen LogP contribution is 2.72. The molecular weight excluding hydrogens is 424 g/mol. The third kappa shape index (κ3) is 3.60. The molecule has 3 saturated carbocycles. The summed E-state index contributed by atoms with van der Waals surface area (Å²) in [5.41, 5.74) is 0.670. The van der Waals surface area contributed by atoms with Crippen LogP contribution in [-0.4, -0.2) is 39.4 Å². The van der Waals surface area contributed by atoms with Crippen molar-refractivity contribution >= 4 is 5.78 Å². The van der Waals surface area contributed by atoms with E-state index in [0.717, 1.165) is 32.1 Å². The summed E-state index contributed by atoms with van der Waals surface area (Å²) < 4.78 is 0. The number of aliphatic hydroxyl groups excluding tert-OH is 2. The summed E-state index contributed by atoms with van der Waals surface area (Å²) in [7, 11) is 0. The lowest BCUT2D eigenvalue weighted by molar-refractivity contribution is -0.142. The molecule has 0 aromatic heterocycles. The average Bonchev–Trinajstić information content (AvgIpc) is 3.06. The zero-order valence-corrected chi connectivity index (χ0v) is 22.8. The second-order valence-electron chi connectivity index (χ2n) is 14.2. The average molecular weight is 475 g/mol. The lowest BCUT2D eigenvalue weighted by Gasteiger charge is -2.63. The van der Waals surface area contributed by atoms with Crippen LogP contribution in [0.25, 0.3) is 0 Å². The van der Waals surface area contributed by atoms with Gasteiger partial charge in [-0.2, -0.15) is 0 Å². The van der Waals surface area contributed by atoms with Crippen molar-refractivity contribution < 1.29 is 20.1 Å². The zero-order valence-electron chi connectivity index (χ0n) is 22.8. The molecule has 4 aliphatic rings. The van der Waals surface area contributed by atoms with E-state index in [0.29, 0.717) is 35.9 Å². The van der Waals surface area contributed by atoms with Crippen LogP contribution >= 0.6 is 0 Å². The Labute approximate surface area is 207 Å². The van der Waals surface area contributed by atoms with Crippen molar-refractivity contribution in [2.24, 2.45) is 45.3 Å². The first-order valence-corrected chi connectivity index (χ1v) is 13.9. The lowest BCUT2D eigenvalue weighted by Crippen LogP contribution is -2.56. The smallest absolute Gasteiger partial charge is 0.138 e. The predicted molar refractivity (Wildman–Crippen MR) is 136 cm³/mol. The highest BCUT2D eigenvalue weighted by Gasteiger charge is 2.65. The van der Waals surface area contributed by atoms with Crippen molar-refractivity contribution in [1.29, 1.82) is 0 Å². The van der Waals surface area contributed by atoms with E-state index < -0.39 is 18.3 Å². The van der Waals surface area contributed by atoms with Crippen LogP contribution in [0.3, 0.4) is 0 Å². The van der Waals surface area contributed by atoms with E-state index in [2.05, 4.69) is 47.6 Å². The maximum atomic E-state index is 12.8. The molecule has 3 N–H and O–H groups in total. The van der Waals surface area contributed by atoms with E-state index in [1.165, 1.54) is 26.2 Å². The van der Waals surface area contributed by atoms with Crippen LogP contribution < -0.4 is 0 Å². The number of allylic oxidation sites excluding steroid dienone is 2. The first kappa shape index (κ1) is 26.4. The third-order valence-electron chi connectivity index (χ3n) is 12.2. The van der Waals surface area contributed by atoms with Gasteiger partial charge >= 0.3 is 0 Å². The fraction of sp³-hybridized carbons (Fsp3) is 0.900. The Balaban J connectivity index is 1.57. The lowest BCUT2D eigenvalue weighted by atomic mass is 9.41. The van der Waals surface area contributed by atoms with Gasteiger partial charge in [0.25, 0.3) is 0 Å². The van der Waals surface area contributed by atoms with E-state index in [9.17, 15) is 20.1 Å². The molecule has 34 heavy (non-hydrogen) atoms. The largest absolute Gasteiger partial charge is 0.393 e. The minimum Gasteiger partial charge on any atom is -0.393 e. The Kier molecular flexibility index (Phi) is 6.52. The predicted octanol–water partition coefficient (Wildman–Crippen LogP) is 5.68. The molecule has 0 aromatic rings. The molecule has 0 aromatic carbocycles. The van der Waals surface area contributed by atoms with Gasteiger partial charge < -0.3 is 15.3 Å². The van der Waals surface area contributed by atoms with Crippen LogP contribution in [0.5, 0.6) is 0 Å². The maximum Gasteiger partial charge on any atom is 0.138 e. The van der Waals surface area contributed by atoms with Gasteiger partial charge in [-0.05, 0) is 98.2 Å². The van der Waals surface area contributed by atoms with E-state index in [1.54, 1.807) is 5.57 Å². The van der Waals surface area contributed by atoms with Crippen molar-refractivity contribution in [3.8, 4) is 0 Å². The van der Waals surface area contributed by atoms with Crippen LogP contribution in [-0.2, 0) is 4.79 Å². The first-order chi connectivity index (χ1) is 15.6. The Hall–Kier alpha value is -0.710. The monoisotopic (exact) mass is 474 g/mol. The van der Waals surface area contributed by atoms with E-state index in [4.69, 9.17) is 0 Å². The van der Waals surface area contributed by atoms with Crippen LogP contribution in [0.2, 0.25) is 0 Å². The van der Waals surface area contributed by atoms with Gasteiger partial charge in [0.05, 0.1) is 12.7 Å². The number of carbonyl (C=O) groups excluding carboxylic acids is 1. The van der Waals surface area contributed by atoms with Crippen molar-refractivity contribution in [3.05, 3.63) is 11.6 Å². The number of rotatable bonds is 6. The zero-order chi connectivity index (χ0) is 25.3. The molecule has 4 aliphatic carbocycles. The van der Waals surface area contributed by atoms with Crippen LogP contribution in [0, 0.1) is 45.3 Å². The Bertz CT molecular complexity index is 843. The molecule has 194 valence electrons. The maximum absolute atomic E-state index is 12.8. The van der Waals surface area contributed by atoms with Crippen LogP contribution in [0.15, 0.2) is 11.6 Å². The van der Waals surface area contributed by atoms with Crippen LogP contribution in [0.1, 0.15) is 106 Å². The molecule has 4 rings (SSSR count). The molecule has 3 fully saturated rings. The second-order valence-corrected chi connectivity index (χ2v) is 14.2. The normalized spacial score (nSPS) is 44.8. The summed E-state index contributed by atoms with van der Waals surface area (Å²) in [5, 5.41) is 30.0. The molecule has 0 heterocycles. The Morgan fingerprint density at radius 2 is 1.74 bits per heavy atom. The minimum absolute atomic E-state index is 0.147. The number of hydrogen-bond donors (Lipinski definition) is 3. The van der Waals surface area contributed by atoms with E-state index >= 15 is 0 Å². The van der Waals surface area contributed by atoms with E-state index in [-0.39, 0.29) is 21.7 Å². The summed E-state index contributed by atoms with van der Waals surface area (Å²) in [6.07, 6.45) is 10.8. The molecule has 0 spiro atoms. The summed E-state index contributed by atoms with van der Waals surface area (Å²) >= 11 is 0. The molecule has 0 radical (unpaired) electrons. The number of Topliss-reactive ketones (excluding diaryl/α,β-unsaturated/α-hetero) is 1. The molecule has 0 saturated heterocycles. The molecule has 0 aliphatic heterocycles. The molecule has 4 heteroatoms. The minimum atomic E-state index is -1.43. The van der Waals surface area contributed by atoms with Gasteiger partial charge in [0.15, 0.2) is 0 Å². The van der Waals surface area contributed by atoms with Gasteiger partial charge in [-0.3, -0.25) is 4.79 Å². The number of carbonyl (C=O) groups is 1. The molecule has 4 nitrogen and oxygen atoms in total. The van der Waals surface area contributed by atoms with Crippen molar-refractivity contribution in [1.82, 2.24) is 0 Å². The topological polar surface area (TPSA) is 77.8 Å². The van der Waals surface area contributed by atoms with Gasteiger partial charge in [0, 0.05) is 11.8 Å². The van der Waals surface area contributed by atoms with E-state index in [1.807, 2.05) is 0 Å². The third-order valence-corrected chi connectivity index (χ3v) is 12.2. The summed E-state index contributed by atoms with van der Waals surface area (Å²) in [6.45, 7) is 15.4. The summed E-state index contributed by atoms with van der Waals surface area (Å²) in [5.74, 6) is 2.57. The quantitative estimate of drug-likeness (QED) is 0.433. The Morgan fingerprint density at radius 3 is 2.38 bits per heavy atom. The van der Waals surface area contributed by atoms with Gasteiger partial charge in [-0.25, -0.2) is 0 Å². The highest BCUT2D eigenvalue weighted by atomic mass is 16.4. The van der Waals surface area contributed by atoms with Crippen molar-refractivity contribution in [2.45, 2.75) is 118 Å². The number of ketones is 1. The number of hydrogen-bond acceptors (Lipinski definition) is 4. The molecule has 1 unspecified atom stereocenters. The van der Waals surface area contributed by atoms with Gasteiger partial charge in [-0.15, -0.1) is 0 Å². The van der Waals surface area contributed by atoms with Crippen molar-refractivity contribution in [3.63, 3.8) is 0 Å². The fourth-order valence-corrected chi connectivity index (χ4v) is 9.52. The highest BCUT2D eigenvalue weighted by molar-refractivity contribution is 5.85. The molecular formula is C30H50O4. The SMILES string of the molecule is C[C@H](CC[C@H](O)[C@](C)(O)CO)[C@@H]1CC[C@]2(C)C3CC[C@@H]4C(C)(C)C(=O)CC[C@]4(C)C3=CC[C@]12C. The Morgan fingerprint density at radius 1 is 1.06 bits per heavy atom. The van der Waals surface area contributed by atoms with Gasteiger partial charge in [0.1, 0.15) is 11.4 Å². The van der Waals surface area contributed by atoms with Gasteiger partial charge in [0.2, 0.25) is 0 Å². The summed E-state index contributed by atoms with van der Waals surface area (Å²) in [6, 6.07) is 0. The molecule has 0 bridgehead atoms.